The normalized spacial score (nSPS) is 18.4. The number of rotatable bonds is 5. The van der Waals surface area contributed by atoms with Gasteiger partial charge in [0.15, 0.2) is 0 Å². The molecule has 7 nitrogen and oxygen atoms in total. The van der Waals surface area contributed by atoms with Gasteiger partial charge >= 0.3 is 6.03 Å². The second-order valence-corrected chi connectivity index (χ2v) is 6.53. The van der Waals surface area contributed by atoms with Crippen molar-refractivity contribution in [1.29, 1.82) is 0 Å². The minimum absolute atomic E-state index is 0.0287. The highest BCUT2D eigenvalue weighted by Gasteiger charge is 2.32. The van der Waals surface area contributed by atoms with Gasteiger partial charge in [-0.25, -0.2) is 9.78 Å². The fraction of sp³-hybridized carbons (Fsp3) is 0.611. The number of carbonyl (C=O) groups is 2. The number of nitrogens with zero attached hydrogens (tertiary/aromatic N) is 4. The minimum Gasteiger partial charge on any atom is -0.357 e. The highest BCUT2D eigenvalue weighted by molar-refractivity contribution is 5.94. The number of anilines is 1. The van der Waals surface area contributed by atoms with E-state index in [0.29, 0.717) is 18.7 Å². The smallest absolute Gasteiger partial charge is 0.317 e. The Bertz CT molecular complexity index is 606. The Hall–Kier alpha value is -2.31. The molecule has 3 amide bonds. The SMILES string of the molecule is CCN(CC)c1ccc(C(=O)N2CCC(N3CCNC3=O)CC2)cn1. The lowest BCUT2D eigenvalue weighted by atomic mass is 10.0. The number of hydrogen-bond acceptors (Lipinski definition) is 4. The van der Waals surface area contributed by atoms with E-state index < -0.39 is 0 Å². The van der Waals surface area contributed by atoms with Crippen molar-refractivity contribution >= 4 is 17.8 Å². The van der Waals surface area contributed by atoms with Gasteiger partial charge in [-0.2, -0.15) is 0 Å². The third kappa shape index (κ3) is 3.70. The van der Waals surface area contributed by atoms with Crippen molar-refractivity contribution in [2.45, 2.75) is 32.7 Å². The van der Waals surface area contributed by atoms with Gasteiger partial charge in [0.25, 0.3) is 5.91 Å². The van der Waals surface area contributed by atoms with Crippen LogP contribution in [0.2, 0.25) is 0 Å². The van der Waals surface area contributed by atoms with Crippen molar-refractivity contribution in [2.75, 3.05) is 44.2 Å². The van der Waals surface area contributed by atoms with E-state index in [2.05, 4.69) is 29.0 Å². The molecule has 2 fully saturated rings. The summed E-state index contributed by atoms with van der Waals surface area (Å²) >= 11 is 0. The lowest BCUT2D eigenvalue weighted by Gasteiger charge is -2.36. The predicted molar refractivity (Wildman–Crippen MR) is 96.8 cm³/mol. The Morgan fingerprint density at radius 3 is 2.48 bits per heavy atom. The molecule has 1 aromatic rings. The quantitative estimate of drug-likeness (QED) is 0.879. The Balaban J connectivity index is 1.58. The molecule has 0 aromatic carbocycles. The van der Waals surface area contributed by atoms with Crippen LogP contribution < -0.4 is 10.2 Å². The summed E-state index contributed by atoms with van der Waals surface area (Å²) in [6, 6.07) is 4.06. The predicted octanol–water partition coefficient (Wildman–Crippen LogP) is 1.56. The second kappa shape index (κ2) is 7.72. The molecule has 0 unspecified atom stereocenters. The Morgan fingerprint density at radius 1 is 1.24 bits per heavy atom. The summed E-state index contributed by atoms with van der Waals surface area (Å²) in [5, 5.41) is 2.84. The number of likely N-dealkylation sites (tertiary alicyclic amines) is 1. The molecule has 7 heteroatoms. The Kier molecular flexibility index (Phi) is 5.40. The first kappa shape index (κ1) is 17.5. The summed E-state index contributed by atoms with van der Waals surface area (Å²) in [4.78, 5) is 34.8. The van der Waals surface area contributed by atoms with Gasteiger partial charge in [0, 0.05) is 51.5 Å². The highest BCUT2D eigenvalue weighted by Crippen LogP contribution is 2.20. The molecule has 1 aromatic heterocycles. The van der Waals surface area contributed by atoms with Crippen LogP contribution in [0.25, 0.3) is 0 Å². The average Bonchev–Trinajstić information content (AvgIpc) is 3.09. The number of aromatic nitrogens is 1. The van der Waals surface area contributed by atoms with Crippen LogP contribution in [0.4, 0.5) is 10.6 Å². The van der Waals surface area contributed by atoms with Crippen molar-refractivity contribution in [3.8, 4) is 0 Å². The molecule has 3 heterocycles. The molecule has 136 valence electrons. The number of amides is 3. The maximum atomic E-state index is 12.7. The van der Waals surface area contributed by atoms with Gasteiger partial charge < -0.3 is 20.0 Å². The van der Waals surface area contributed by atoms with E-state index in [1.54, 1.807) is 6.20 Å². The second-order valence-electron chi connectivity index (χ2n) is 6.53. The van der Waals surface area contributed by atoms with Crippen molar-refractivity contribution in [2.24, 2.45) is 0 Å². The fourth-order valence-electron chi connectivity index (χ4n) is 3.65. The van der Waals surface area contributed by atoms with Gasteiger partial charge in [-0.15, -0.1) is 0 Å². The number of pyridine rings is 1. The molecule has 2 aliphatic rings. The number of piperidine rings is 1. The molecule has 0 atom stereocenters. The van der Waals surface area contributed by atoms with Crippen molar-refractivity contribution in [1.82, 2.24) is 20.1 Å². The van der Waals surface area contributed by atoms with Crippen molar-refractivity contribution < 1.29 is 9.59 Å². The van der Waals surface area contributed by atoms with Crippen LogP contribution in [0.5, 0.6) is 0 Å². The summed E-state index contributed by atoms with van der Waals surface area (Å²) in [6.45, 7) is 8.85. The topological polar surface area (TPSA) is 68.8 Å². The maximum absolute atomic E-state index is 12.7. The molecular formula is C18H27N5O2. The van der Waals surface area contributed by atoms with Crippen LogP contribution in [0.1, 0.15) is 37.0 Å². The molecule has 2 saturated heterocycles. The molecule has 0 bridgehead atoms. The largest absolute Gasteiger partial charge is 0.357 e. The van der Waals surface area contributed by atoms with Gasteiger partial charge in [-0.1, -0.05) is 0 Å². The van der Waals surface area contributed by atoms with Crippen LogP contribution in [0, 0.1) is 0 Å². The van der Waals surface area contributed by atoms with E-state index in [1.165, 1.54) is 0 Å². The number of nitrogens with one attached hydrogen (secondary N) is 1. The molecule has 1 N–H and O–H groups in total. The van der Waals surface area contributed by atoms with E-state index in [-0.39, 0.29) is 18.0 Å². The molecule has 0 radical (unpaired) electrons. The lowest BCUT2D eigenvalue weighted by molar-refractivity contribution is 0.0666. The van der Waals surface area contributed by atoms with Crippen LogP contribution in [0.3, 0.4) is 0 Å². The molecular weight excluding hydrogens is 318 g/mol. The van der Waals surface area contributed by atoms with Crippen LogP contribution in [-0.2, 0) is 0 Å². The Morgan fingerprint density at radius 2 is 1.96 bits per heavy atom. The first-order chi connectivity index (χ1) is 12.1. The monoisotopic (exact) mass is 345 g/mol. The van der Waals surface area contributed by atoms with Crippen LogP contribution >= 0.6 is 0 Å². The first-order valence-corrected chi connectivity index (χ1v) is 9.18. The fourth-order valence-corrected chi connectivity index (χ4v) is 3.65. The van der Waals surface area contributed by atoms with E-state index in [0.717, 1.165) is 44.8 Å². The van der Waals surface area contributed by atoms with Gasteiger partial charge in [0.2, 0.25) is 0 Å². The van der Waals surface area contributed by atoms with Crippen molar-refractivity contribution in [3.63, 3.8) is 0 Å². The van der Waals surface area contributed by atoms with E-state index >= 15 is 0 Å². The maximum Gasteiger partial charge on any atom is 0.317 e. The first-order valence-electron chi connectivity index (χ1n) is 9.18. The van der Waals surface area contributed by atoms with Crippen molar-refractivity contribution in [3.05, 3.63) is 23.9 Å². The summed E-state index contributed by atoms with van der Waals surface area (Å²) in [5.41, 5.74) is 0.633. The molecule has 25 heavy (non-hydrogen) atoms. The highest BCUT2D eigenvalue weighted by atomic mass is 16.2. The lowest BCUT2D eigenvalue weighted by Crippen LogP contribution is -2.47. The minimum atomic E-state index is 0.0287. The molecule has 0 spiro atoms. The summed E-state index contributed by atoms with van der Waals surface area (Å²) in [5.74, 6) is 0.934. The molecule has 0 saturated carbocycles. The summed E-state index contributed by atoms with van der Waals surface area (Å²) in [7, 11) is 0. The number of carbonyl (C=O) groups excluding carboxylic acids is 2. The van der Waals surface area contributed by atoms with Gasteiger partial charge in [0.05, 0.1) is 5.56 Å². The zero-order valence-electron chi connectivity index (χ0n) is 15.1. The van der Waals surface area contributed by atoms with Gasteiger partial charge in [0.1, 0.15) is 5.82 Å². The van der Waals surface area contributed by atoms with Gasteiger partial charge in [-0.05, 0) is 38.8 Å². The molecule has 3 rings (SSSR count). The Labute approximate surface area is 149 Å². The van der Waals surface area contributed by atoms with Crippen LogP contribution in [-0.4, -0.2) is 72.0 Å². The summed E-state index contributed by atoms with van der Waals surface area (Å²) in [6.07, 6.45) is 3.35. The third-order valence-corrected chi connectivity index (χ3v) is 5.16. The zero-order valence-corrected chi connectivity index (χ0v) is 15.1. The number of urea groups is 1. The van der Waals surface area contributed by atoms with E-state index in [1.807, 2.05) is 21.9 Å². The zero-order chi connectivity index (χ0) is 17.8. The van der Waals surface area contributed by atoms with E-state index in [9.17, 15) is 9.59 Å². The van der Waals surface area contributed by atoms with Crippen LogP contribution in [0.15, 0.2) is 18.3 Å². The number of hydrogen-bond donors (Lipinski definition) is 1. The van der Waals surface area contributed by atoms with E-state index in [4.69, 9.17) is 0 Å². The third-order valence-electron chi connectivity index (χ3n) is 5.16. The molecule has 0 aliphatic carbocycles. The molecule has 2 aliphatic heterocycles. The standard InChI is InChI=1S/C18H27N5O2/c1-3-21(4-2)16-6-5-14(13-20-16)17(24)22-10-7-15(8-11-22)23-12-9-19-18(23)25/h5-6,13,15H,3-4,7-12H2,1-2H3,(H,19,25). The average molecular weight is 345 g/mol. The summed E-state index contributed by atoms with van der Waals surface area (Å²) < 4.78 is 0. The van der Waals surface area contributed by atoms with Gasteiger partial charge in [-0.3, -0.25) is 4.79 Å².